The molecule has 0 amide bonds. The standard InChI is InChI=1S/C19H21N5O/c1-4-17-20-10-11-24(17)16-8-7-14(12-13(16)2)25-19-22-15-6-5-9-21-18(15)23(19)3/h5-12,17,20H,4H2,1-3H3. The molecule has 0 bridgehead atoms. The van der Waals surface area contributed by atoms with Gasteiger partial charge in [-0.15, -0.1) is 0 Å². The van der Waals surface area contributed by atoms with Gasteiger partial charge in [0.05, 0.1) is 0 Å². The molecule has 1 N–H and O–H groups in total. The lowest BCUT2D eigenvalue weighted by molar-refractivity contribution is 0.427. The van der Waals surface area contributed by atoms with E-state index in [1.807, 2.05) is 42.1 Å². The fraction of sp³-hybridized carbons (Fsp3) is 0.263. The van der Waals surface area contributed by atoms with Crippen molar-refractivity contribution in [2.75, 3.05) is 4.90 Å². The molecule has 1 aromatic carbocycles. The van der Waals surface area contributed by atoms with Crippen molar-refractivity contribution in [3.05, 3.63) is 54.5 Å². The summed E-state index contributed by atoms with van der Waals surface area (Å²) in [5.41, 5.74) is 3.96. The highest BCUT2D eigenvalue weighted by atomic mass is 16.5. The Kier molecular flexibility index (Phi) is 3.80. The molecule has 0 radical (unpaired) electrons. The first-order valence-corrected chi connectivity index (χ1v) is 8.44. The van der Waals surface area contributed by atoms with E-state index in [0.717, 1.165) is 28.9 Å². The van der Waals surface area contributed by atoms with Gasteiger partial charge < -0.3 is 15.0 Å². The molecule has 0 spiro atoms. The lowest BCUT2D eigenvalue weighted by atomic mass is 10.1. The molecule has 1 aliphatic heterocycles. The van der Waals surface area contributed by atoms with Crippen LogP contribution in [0.1, 0.15) is 18.9 Å². The minimum Gasteiger partial charge on any atom is -0.425 e. The second kappa shape index (κ2) is 6.12. The molecule has 1 atom stereocenters. The van der Waals surface area contributed by atoms with Gasteiger partial charge in [-0.1, -0.05) is 6.92 Å². The van der Waals surface area contributed by atoms with Crippen LogP contribution in [0.2, 0.25) is 0 Å². The van der Waals surface area contributed by atoms with Crippen LogP contribution < -0.4 is 15.0 Å². The van der Waals surface area contributed by atoms with E-state index in [9.17, 15) is 0 Å². The second-order valence-electron chi connectivity index (χ2n) is 6.16. The third-order valence-corrected chi connectivity index (χ3v) is 4.49. The molecule has 3 heterocycles. The van der Waals surface area contributed by atoms with Crippen molar-refractivity contribution in [3.8, 4) is 11.8 Å². The monoisotopic (exact) mass is 335 g/mol. The maximum absolute atomic E-state index is 6.01. The number of nitrogens with one attached hydrogen (secondary N) is 1. The van der Waals surface area contributed by atoms with E-state index < -0.39 is 0 Å². The average Bonchev–Trinajstić information content (AvgIpc) is 3.21. The fourth-order valence-electron chi connectivity index (χ4n) is 3.16. The summed E-state index contributed by atoms with van der Waals surface area (Å²) < 4.78 is 7.87. The number of aromatic nitrogens is 3. The van der Waals surface area contributed by atoms with Crippen molar-refractivity contribution < 1.29 is 4.74 Å². The zero-order valence-corrected chi connectivity index (χ0v) is 14.6. The average molecular weight is 335 g/mol. The Labute approximate surface area is 146 Å². The number of hydrogen-bond donors (Lipinski definition) is 1. The first kappa shape index (κ1) is 15.5. The molecule has 1 aliphatic rings. The Morgan fingerprint density at radius 3 is 2.92 bits per heavy atom. The summed E-state index contributed by atoms with van der Waals surface area (Å²) in [6, 6.07) is 10.5. The largest absolute Gasteiger partial charge is 0.425 e. The van der Waals surface area contributed by atoms with Crippen molar-refractivity contribution in [2.45, 2.75) is 26.4 Å². The maximum atomic E-state index is 6.01. The number of pyridine rings is 1. The zero-order valence-electron chi connectivity index (χ0n) is 14.6. The molecule has 0 saturated carbocycles. The predicted octanol–water partition coefficient (Wildman–Crippen LogP) is 3.69. The number of ether oxygens (including phenoxy) is 1. The minimum atomic E-state index is 0.302. The predicted molar refractivity (Wildman–Crippen MR) is 98.6 cm³/mol. The molecule has 0 fully saturated rings. The van der Waals surface area contributed by atoms with Crippen LogP contribution in [0.4, 0.5) is 5.69 Å². The molecule has 0 saturated heterocycles. The number of rotatable bonds is 4. The molecule has 6 nitrogen and oxygen atoms in total. The normalized spacial score (nSPS) is 16.4. The molecular formula is C19H21N5O. The SMILES string of the molecule is CCC1NC=CN1c1ccc(Oc2nc3cccnc3n2C)cc1C. The topological polar surface area (TPSA) is 55.2 Å². The number of anilines is 1. The van der Waals surface area contributed by atoms with Gasteiger partial charge in [0, 0.05) is 31.3 Å². The van der Waals surface area contributed by atoms with Gasteiger partial charge in [0.15, 0.2) is 5.65 Å². The third kappa shape index (κ3) is 2.69. The Hall–Kier alpha value is -3.02. The summed E-state index contributed by atoms with van der Waals surface area (Å²) in [6.45, 7) is 4.27. The Morgan fingerprint density at radius 1 is 1.28 bits per heavy atom. The Bertz CT molecular complexity index is 946. The Balaban J connectivity index is 1.62. The molecule has 0 aliphatic carbocycles. The van der Waals surface area contributed by atoms with Crippen LogP contribution in [0, 0.1) is 6.92 Å². The zero-order chi connectivity index (χ0) is 17.4. The van der Waals surface area contributed by atoms with Gasteiger partial charge >= 0.3 is 6.01 Å². The Morgan fingerprint density at radius 2 is 2.16 bits per heavy atom. The van der Waals surface area contributed by atoms with Crippen LogP contribution in [0.25, 0.3) is 11.2 Å². The fourth-order valence-corrected chi connectivity index (χ4v) is 3.16. The first-order valence-electron chi connectivity index (χ1n) is 8.44. The highest BCUT2D eigenvalue weighted by Gasteiger charge is 2.20. The number of nitrogens with zero attached hydrogens (tertiary/aromatic N) is 4. The van der Waals surface area contributed by atoms with E-state index in [0.29, 0.717) is 12.2 Å². The van der Waals surface area contributed by atoms with E-state index in [-0.39, 0.29) is 0 Å². The highest BCUT2D eigenvalue weighted by Crippen LogP contribution is 2.31. The van der Waals surface area contributed by atoms with Gasteiger partial charge in [-0.05, 0) is 49.2 Å². The number of imidazole rings is 1. The quantitative estimate of drug-likeness (QED) is 0.788. The van der Waals surface area contributed by atoms with Crippen LogP contribution in [0.15, 0.2) is 48.9 Å². The third-order valence-electron chi connectivity index (χ3n) is 4.49. The van der Waals surface area contributed by atoms with Gasteiger partial charge in [-0.2, -0.15) is 4.98 Å². The highest BCUT2D eigenvalue weighted by molar-refractivity contribution is 5.72. The summed E-state index contributed by atoms with van der Waals surface area (Å²) in [5.74, 6) is 0.767. The van der Waals surface area contributed by atoms with Crippen molar-refractivity contribution in [2.24, 2.45) is 7.05 Å². The molecule has 25 heavy (non-hydrogen) atoms. The van der Waals surface area contributed by atoms with Crippen LogP contribution in [0.3, 0.4) is 0 Å². The van der Waals surface area contributed by atoms with Crippen LogP contribution in [-0.4, -0.2) is 20.7 Å². The van der Waals surface area contributed by atoms with Gasteiger partial charge in [-0.25, -0.2) is 4.98 Å². The van der Waals surface area contributed by atoms with Gasteiger partial charge in [0.1, 0.15) is 17.4 Å². The van der Waals surface area contributed by atoms with Crippen molar-refractivity contribution >= 4 is 16.9 Å². The van der Waals surface area contributed by atoms with Gasteiger partial charge in [0.2, 0.25) is 0 Å². The molecule has 2 aromatic heterocycles. The van der Waals surface area contributed by atoms with E-state index in [4.69, 9.17) is 4.74 Å². The molecule has 128 valence electrons. The molecule has 3 aromatic rings. The van der Waals surface area contributed by atoms with E-state index in [1.165, 1.54) is 5.69 Å². The van der Waals surface area contributed by atoms with Gasteiger partial charge in [-0.3, -0.25) is 4.57 Å². The summed E-state index contributed by atoms with van der Waals surface area (Å²) in [4.78, 5) is 11.1. The number of fused-ring (bicyclic) bond motifs is 1. The van der Waals surface area contributed by atoms with E-state index >= 15 is 0 Å². The lowest BCUT2D eigenvalue weighted by Crippen LogP contribution is -2.34. The summed E-state index contributed by atoms with van der Waals surface area (Å²) in [5, 5.41) is 3.35. The molecule has 6 heteroatoms. The lowest BCUT2D eigenvalue weighted by Gasteiger charge is -2.26. The van der Waals surface area contributed by atoms with Crippen molar-refractivity contribution in [1.29, 1.82) is 0 Å². The van der Waals surface area contributed by atoms with Crippen molar-refractivity contribution in [1.82, 2.24) is 19.9 Å². The number of benzene rings is 1. The smallest absolute Gasteiger partial charge is 0.303 e. The summed E-state index contributed by atoms with van der Waals surface area (Å²) in [7, 11) is 1.91. The van der Waals surface area contributed by atoms with Gasteiger partial charge in [0.25, 0.3) is 0 Å². The summed E-state index contributed by atoms with van der Waals surface area (Å²) >= 11 is 0. The van der Waals surface area contributed by atoms with E-state index in [1.54, 1.807) is 6.20 Å². The molecule has 1 unspecified atom stereocenters. The molecule has 4 rings (SSSR count). The second-order valence-corrected chi connectivity index (χ2v) is 6.16. The first-order chi connectivity index (χ1) is 12.2. The number of hydrogen-bond acceptors (Lipinski definition) is 5. The molecular weight excluding hydrogens is 314 g/mol. The van der Waals surface area contributed by atoms with Crippen LogP contribution in [0.5, 0.6) is 11.8 Å². The maximum Gasteiger partial charge on any atom is 0.303 e. The van der Waals surface area contributed by atoms with E-state index in [2.05, 4.69) is 46.3 Å². The van der Waals surface area contributed by atoms with Crippen LogP contribution >= 0.6 is 0 Å². The summed E-state index contributed by atoms with van der Waals surface area (Å²) in [6.07, 6.45) is 7.15. The van der Waals surface area contributed by atoms with Crippen molar-refractivity contribution in [3.63, 3.8) is 0 Å². The minimum absolute atomic E-state index is 0.302. The van der Waals surface area contributed by atoms with Crippen LogP contribution in [-0.2, 0) is 7.05 Å². The number of aryl methyl sites for hydroxylation is 2.